The van der Waals surface area contributed by atoms with Gasteiger partial charge in [-0.2, -0.15) is 0 Å². The SMILES string of the molecule is O=C(CC1(C(=O)O)CCCCC1)NC12CN3CN(CN(C3)C1)C2. The van der Waals surface area contributed by atoms with E-state index >= 15 is 0 Å². The highest BCUT2D eigenvalue weighted by Gasteiger charge is 2.50. The Morgan fingerprint density at radius 2 is 1.43 bits per heavy atom. The minimum atomic E-state index is -0.842. The van der Waals surface area contributed by atoms with Gasteiger partial charge >= 0.3 is 5.97 Å². The monoisotopic (exact) mass is 322 g/mol. The van der Waals surface area contributed by atoms with Crippen LogP contribution in [0.5, 0.6) is 0 Å². The highest BCUT2D eigenvalue weighted by Crippen LogP contribution is 2.40. The molecule has 5 fully saturated rings. The van der Waals surface area contributed by atoms with E-state index in [-0.39, 0.29) is 17.9 Å². The molecule has 0 aromatic rings. The van der Waals surface area contributed by atoms with E-state index in [0.29, 0.717) is 12.8 Å². The van der Waals surface area contributed by atoms with Gasteiger partial charge in [0.1, 0.15) is 0 Å². The molecule has 4 aliphatic heterocycles. The maximum atomic E-state index is 12.7. The lowest BCUT2D eigenvalue weighted by Crippen LogP contribution is -2.80. The number of aliphatic carboxylic acids is 1. The Balaban J connectivity index is 1.44. The lowest BCUT2D eigenvalue weighted by Gasteiger charge is -2.60. The minimum Gasteiger partial charge on any atom is -0.481 e. The standard InChI is InChI=1S/C16H26N4O3/c21-13(6-15(14(22)23)4-2-1-3-5-15)17-16-7-18-10-19(8-16)12-20(9-16)11-18/h1-12H2,(H,17,21)(H,22,23). The molecule has 1 amide bonds. The molecule has 2 N–H and O–H groups in total. The van der Waals surface area contributed by atoms with Gasteiger partial charge in [-0.25, -0.2) is 0 Å². The molecule has 4 saturated heterocycles. The summed E-state index contributed by atoms with van der Waals surface area (Å²) in [5.41, 5.74) is -1.06. The fourth-order valence-electron chi connectivity index (χ4n) is 5.18. The fourth-order valence-corrected chi connectivity index (χ4v) is 5.18. The van der Waals surface area contributed by atoms with E-state index in [4.69, 9.17) is 0 Å². The number of nitrogens with one attached hydrogen (secondary N) is 1. The number of rotatable bonds is 4. The van der Waals surface area contributed by atoms with Crippen LogP contribution in [0, 0.1) is 5.41 Å². The predicted octanol–water partition coefficient (Wildman–Crippen LogP) is 0.0859. The van der Waals surface area contributed by atoms with Gasteiger partial charge < -0.3 is 10.4 Å². The average Bonchev–Trinajstić information content (AvgIpc) is 2.45. The third-order valence-electron chi connectivity index (χ3n) is 5.95. The summed E-state index contributed by atoms with van der Waals surface area (Å²) in [4.78, 5) is 31.5. The van der Waals surface area contributed by atoms with E-state index in [1.165, 1.54) is 0 Å². The van der Waals surface area contributed by atoms with Crippen LogP contribution in [0.3, 0.4) is 0 Å². The van der Waals surface area contributed by atoms with Gasteiger partial charge in [-0.05, 0) is 12.8 Å². The topological polar surface area (TPSA) is 76.1 Å². The minimum absolute atomic E-state index is 0.0835. The first-order chi connectivity index (χ1) is 11.0. The molecular formula is C16H26N4O3. The zero-order valence-electron chi connectivity index (χ0n) is 13.6. The fraction of sp³-hybridized carbons (Fsp3) is 0.875. The number of hydrogen-bond donors (Lipinski definition) is 2. The number of carbonyl (C=O) groups excluding carboxylic acids is 1. The summed E-state index contributed by atoms with van der Waals surface area (Å²) in [5, 5.41) is 12.9. The summed E-state index contributed by atoms with van der Waals surface area (Å²) in [6.07, 6.45) is 4.31. The summed E-state index contributed by atoms with van der Waals surface area (Å²) >= 11 is 0. The maximum Gasteiger partial charge on any atom is 0.310 e. The lowest BCUT2D eigenvalue weighted by atomic mass is 9.71. The summed E-state index contributed by atoms with van der Waals surface area (Å²) in [7, 11) is 0. The van der Waals surface area contributed by atoms with Crippen LogP contribution < -0.4 is 5.32 Å². The normalized spacial score (nSPS) is 40.8. The van der Waals surface area contributed by atoms with Crippen molar-refractivity contribution in [3.63, 3.8) is 0 Å². The van der Waals surface area contributed by atoms with E-state index in [2.05, 4.69) is 20.0 Å². The molecule has 128 valence electrons. The second kappa shape index (κ2) is 5.43. The Morgan fingerprint density at radius 3 is 1.91 bits per heavy atom. The van der Waals surface area contributed by atoms with Crippen LogP contribution in [0.4, 0.5) is 0 Å². The van der Waals surface area contributed by atoms with Crippen LogP contribution in [0.25, 0.3) is 0 Å². The number of carbonyl (C=O) groups is 2. The number of nitrogens with zero attached hydrogens (tertiary/aromatic N) is 3. The zero-order valence-corrected chi connectivity index (χ0v) is 13.6. The predicted molar refractivity (Wildman–Crippen MR) is 83.4 cm³/mol. The highest BCUT2D eigenvalue weighted by molar-refractivity contribution is 5.85. The Kier molecular flexibility index (Phi) is 3.62. The van der Waals surface area contributed by atoms with Crippen molar-refractivity contribution < 1.29 is 14.7 Å². The summed E-state index contributed by atoms with van der Waals surface area (Å²) < 4.78 is 0. The molecule has 23 heavy (non-hydrogen) atoms. The van der Waals surface area contributed by atoms with E-state index in [1.807, 2.05) is 0 Å². The smallest absolute Gasteiger partial charge is 0.310 e. The van der Waals surface area contributed by atoms with Crippen LogP contribution in [0.1, 0.15) is 38.5 Å². The molecule has 0 radical (unpaired) electrons. The first-order valence-corrected chi connectivity index (χ1v) is 8.70. The second-order valence-electron chi connectivity index (χ2n) is 8.06. The van der Waals surface area contributed by atoms with Crippen molar-refractivity contribution in [2.75, 3.05) is 39.6 Å². The average molecular weight is 322 g/mol. The van der Waals surface area contributed by atoms with Gasteiger partial charge in [0, 0.05) is 26.1 Å². The van der Waals surface area contributed by atoms with E-state index < -0.39 is 11.4 Å². The largest absolute Gasteiger partial charge is 0.481 e. The molecule has 0 unspecified atom stereocenters. The summed E-state index contributed by atoms with van der Waals surface area (Å²) in [6, 6.07) is 0. The van der Waals surface area contributed by atoms with Crippen molar-refractivity contribution in [3.05, 3.63) is 0 Å². The van der Waals surface area contributed by atoms with Crippen molar-refractivity contribution in [1.82, 2.24) is 20.0 Å². The summed E-state index contributed by atoms with van der Waals surface area (Å²) in [5.74, 6) is -0.881. The van der Waals surface area contributed by atoms with Gasteiger partial charge in [0.25, 0.3) is 0 Å². The van der Waals surface area contributed by atoms with Crippen LogP contribution in [0.15, 0.2) is 0 Å². The molecule has 5 aliphatic rings. The van der Waals surface area contributed by atoms with Crippen molar-refractivity contribution in [2.45, 2.75) is 44.1 Å². The van der Waals surface area contributed by atoms with Gasteiger partial charge in [0.2, 0.25) is 5.91 Å². The quantitative estimate of drug-likeness (QED) is 0.764. The van der Waals surface area contributed by atoms with E-state index in [0.717, 1.165) is 58.9 Å². The number of carboxylic acid groups (broad SMARTS) is 1. The van der Waals surface area contributed by atoms with Gasteiger partial charge in [-0.15, -0.1) is 0 Å². The van der Waals surface area contributed by atoms with Crippen molar-refractivity contribution in [1.29, 1.82) is 0 Å². The Bertz CT molecular complexity index is 480. The molecule has 5 rings (SSSR count). The first-order valence-electron chi connectivity index (χ1n) is 8.70. The van der Waals surface area contributed by atoms with E-state index in [1.54, 1.807) is 0 Å². The van der Waals surface area contributed by atoms with Crippen LogP contribution in [-0.4, -0.2) is 76.9 Å². The molecule has 1 aliphatic carbocycles. The van der Waals surface area contributed by atoms with E-state index in [9.17, 15) is 14.7 Å². The molecule has 0 atom stereocenters. The van der Waals surface area contributed by atoms with Crippen LogP contribution >= 0.6 is 0 Å². The molecule has 7 nitrogen and oxygen atoms in total. The van der Waals surface area contributed by atoms with Gasteiger partial charge in [-0.3, -0.25) is 24.3 Å². The third kappa shape index (κ3) is 2.75. The maximum absolute atomic E-state index is 12.7. The Hall–Kier alpha value is -1.18. The number of hydrogen-bond acceptors (Lipinski definition) is 5. The molecule has 0 spiro atoms. The summed E-state index contributed by atoms with van der Waals surface area (Å²) in [6.45, 7) is 5.58. The molecule has 1 saturated carbocycles. The Morgan fingerprint density at radius 1 is 0.913 bits per heavy atom. The second-order valence-corrected chi connectivity index (χ2v) is 8.06. The van der Waals surface area contributed by atoms with Gasteiger partial charge in [0.05, 0.1) is 31.0 Å². The van der Waals surface area contributed by atoms with Crippen LogP contribution in [0.2, 0.25) is 0 Å². The number of carboxylic acids is 1. The number of amides is 1. The van der Waals surface area contributed by atoms with Crippen molar-refractivity contribution in [2.24, 2.45) is 5.41 Å². The molecular weight excluding hydrogens is 296 g/mol. The lowest BCUT2D eigenvalue weighted by molar-refractivity contribution is -0.162. The van der Waals surface area contributed by atoms with Gasteiger partial charge in [-0.1, -0.05) is 19.3 Å². The van der Waals surface area contributed by atoms with Gasteiger partial charge in [0.15, 0.2) is 0 Å². The van der Waals surface area contributed by atoms with Crippen LogP contribution in [-0.2, 0) is 9.59 Å². The Labute approximate surface area is 136 Å². The molecule has 0 aromatic heterocycles. The molecule has 4 heterocycles. The first kappa shape index (κ1) is 15.4. The highest BCUT2D eigenvalue weighted by atomic mass is 16.4. The third-order valence-corrected chi connectivity index (χ3v) is 5.95. The zero-order chi connectivity index (χ0) is 16.1. The molecule has 0 aromatic carbocycles. The molecule has 7 heteroatoms. The van der Waals surface area contributed by atoms with Crippen molar-refractivity contribution >= 4 is 11.9 Å². The molecule has 4 bridgehead atoms. The van der Waals surface area contributed by atoms with Crippen molar-refractivity contribution in [3.8, 4) is 0 Å².